The van der Waals surface area contributed by atoms with Crippen molar-refractivity contribution in [2.24, 2.45) is 0 Å². The largest absolute Gasteiger partial charge is 0.497 e. The summed E-state index contributed by atoms with van der Waals surface area (Å²) in [6.07, 6.45) is 4.71. The highest BCUT2D eigenvalue weighted by Crippen LogP contribution is 2.43. The molecule has 0 spiro atoms. The number of aromatic nitrogens is 3. The Morgan fingerprint density at radius 2 is 1.81 bits per heavy atom. The number of hydrogen-bond donors (Lipinski definition) is 1. The van der Waals surface area contributed by atoms with Crippen molar-refractivity contribution in [1.29, 1.82) is 0 Å². The number of fused-ring (bicyclic) bond motifs is 3. The van der Waals surface area contributed by atoms with Crippen molar-refractivity contribution in [2.45, 2.75) is 25.7 Å². The van der Waals surface area contributed by atoms with Crippen molar-refractivity contribution >= 4 is 17.5 Å². The van der Waals surface area contributed by atoms with Crippen LogP contribution in [0.25, 0.3) is 11.3 Å². The molecule has 2 aliphatic rings. The van der Waals surface area contributed by atoms with E-state index in [1.807, 2.05) is 24.5 Å². The average molecular weight is 431 g/mol. The van der Waals surface area contributed by atoms with Gasteiger partial charge in [0.05, 0.1) is 24.7 Å². The van der Waals surface area contributed by atoms with Gasteiger partial charge in [-0.1, -0.05) is 19.9 Å². The van der Waals surface area contributed by atoms with E-state index in [0.717, 1.165) is 66.7 Å². The fraction of sp³-hybridized carbons (Fsp3) is 0.400. The third-order valence-corrected chi connectivity index (χ3v) is 6.54. The molecule has 1 aliphatic heterocycles. The quantitative estimate of drug-likeness (QED) is 0.674. The molecular formula is C25H30N6O. The molecule has 0 amide bonds. The SMILES string of the molecule is COc1ccc2c(c1)-c1nc(Nc3ccc(N4CCN(C)CC4)nc3)ncc1CC2(C)C. The molecular weight excluding hydrogens is 400 g/mol. The number of pyridine rings is 1. The lowest BCUT2D eigenvalue weighted by Crippen LogP contribution is -2.44. The summed E-state index contributed by atoms with van der Waals surface area (Å²) in [5.41, 5.74) is 5.43. The third-order valence-electron chi connectivity index (χ3n) is 6.54. The van der Waals surface area contributed by atoms with Gasteiger partial charge >= 0.3 is 0 Å². The van der Waals surface area contributed by atoms with Crippen LogP contribution < -0.4 is 15.0 Å². The summed E-state index contributed by atoms with van der Waals surface area (Å²) in [5, 5.41) is 3.33. The summed E-state index contributed by atoms with van der Waals surface area (Å²) in [5.74, 6) is 2.42. The van der Waals surface area contributed by atoms with E-state index in [2.05, 4.69) is 64.2 Å². The Kier molecular flexibility index (Phi) is 5.21. The van der Waals surface area contributed by atoms with Crippen LogP contribution in [0.15, 0.2) is 42.7 Å². The zero-order valence-corrected chi connectivity index (χ0v) is 19.2. The molecule has 7 nitrogen and oxygen atoms in total. The van der Waals surface area contributed by atoms with Gasteiger partial charge in [-0.15, -0.1) is 0 Å². The van der Waals surface area contributed by atoms with E-state index in [0.29, 0.717) is 5.95 Å². The number of benzene rings is 1. The highest BCUT2D eigenvalue weighted by molar-refractivity contribution is 5.74. The van der Waals surface area contributed by atoms with E-state index >= 15 is 0 Å². The van der Waals surface area contributed by atoms with Crippen molar-refractivity contribution in [1.82, 2.24) is 19.9 Å². The molecule has 1 saturated heterocycles. The van der Waals surface area contributed by atoms with Crippen LogP contribution in [0.2, 0.25) is 0 Å². The molecule has 1 N–H and O–H groups in total. The fourth-order valence-electron chi connectivity index (χ4n) is 4.65. The second-order valence-corrected chi connectivity index (χ2v) is 9.36. The van der Waals surface area contributed by atoms with E-state index in [9.17, 15) is 0 Å². The summed E-state index contributed by atoms with van der Waals surface area (Å²) in [7, 11) is 3.86. The van der Waals surface area contributed by atoms with Gasteiger partial charge in [0.2, 0.25) is 5.95 Å². The second kappa shape index (κ2) is 8.06. The average Bonchev–Trinajstić information content (AvgIpc) is 2.80. The van der Waals surface area contributed by atoms with Crippen LogP contribution in [0.1, 0.15) is 25.0 Å². The highest BCUT2D eigenvalue weighted by Gasteiger charge is 2.32. The Balaban J connectivity index is 1.40. The maximum absolute atomic E-state index is 5.48. The first-order valence-electron chi connectivity index (χ1n) is 11.1. The minimum absolute atomic E-state index is 0.0237. The summed E-state index contributed by atoms with van der Waals surface area (Å²) in [6.45, 7) is 8.66. The molecule has 32 heavy (non-hydrogen) atoms. The number of anilines is 3. The maximum Gasteiger partial charge on any atom is 0.227 e. The standard InChI is InChI=1S/C25H30N6O/c1-25(2)14-17-15-27-24(29-23(17)20-13-19(32-4)6-7-21(20)25)28-18-5-8-22(26-16-18)31-11-9-30(3)10-12-31/h5-8,13,15-16H,9-12,14H2,1-4H3,(H,27,28,29). The van der Waals surface area contributed by atoms with E-state index in [4.69, 9.17) is 9.72 Å². The number of ether oxygens (including phenoxy) is 1. The van der Waals surface area contributed by atoms with Gasteiger partial charge < -0.3 is 19.9 Å². The summed E-state index contributed by atoms with van der Waals surface area (Å²) in [6, 6.07) is 10.4. The molecule has 0 bridgehead atoms. The lowest BCUT2D eigenvalue weighted by Gasteiger charge is -2.33. The summed E-state index contributed by atoms with van der Waals surface area (Å²) >= 11 is 0. The lowest BCUT2D eigenvalue weighted by molar-refractivity contribution is 0.312. The van der Waals surface area contributed by atoms with Crippen LogP contribution in [0.3, 0.4) is 0 Å². The number of nitrogens with zero attached hydrogens (tertiary/aromatic N) is 5. The number of rotatable bonds is 4. The van der Waals surface area contributed by atoms with Crippen LogP contribution in [-0.2, 0) is 11.8 Å². The van der Waals surface area contributed by atoms with Crippen LogP contribution in [-0.4, -0.2) is 60.2 Å². The molecule has 1 fully saturated rings. The fourth-order valence-corrected chi connectivity index (χ4v) is 4.65. The Hall–Kier alpha value is -3.19. The Morgan fingerprint density at radius 1 is 1.00 bits per heavy atom. The second-order valence-electron chi connectivity index (χ2n) is 9.36. The number of methoxy groups -OCH3 is 1. The van der Waals surface area contributed by atoms with Crippen molar-refractivity contribution in [3.8, 4) is 17.0 Å². The van der Waals surface area contributed by atoms with Gasteiger partial charge in [0.15, 0.2) is 0 Å². The molecule has 0 radical (unpaired) electrons. The minimum Gasteiger partial charge on any atom is -0.497 e. The maximum atomic E-state index is 5.48. The van der Waals surface area contributed by atoms with Crippen molar-refractivity contribution in [2.75, 3.05) is 50.6 Å². The van der Waals surface area contributed by atoms with E-state index < -0.39 is 0 Å². The Morgan fingerprint density at radius 3 is 2.53 bits per heavy atom. The van der Waals surface area contributed by atoms with Gasteiger partial charge in [0, 0.05) is 37.9 Å². The molecule has 3 heterocycles. The first-order chi connectivity index (χ1) is 15.4. The van der Waals surface area contributed by atoms with Gasteiger partial charge in [-0.05, 0) is 54.3 Å². The van der Waals surface area contributed by atoms with Crippen molar-refractivity contribution in [3.05, 3.63) is 53.9 Å². The first kappa shape index (κ1) is 20.7. The number of nitrogens with one attached hydrogen (secondary N) is 1. The van der Waals surface area contributed by atoms with Crippen molar-refractivity contribution in [3.63, 3.8) is 0 Å². The molecule has 0 unspecified atom stereocenters. The topological polar surface area (TPSA) is 66.4 Å². The highest BCUT2D eigenvalue weighted by atomic mass is 16.5. The Labute approximate surface area is 189 Å². The zero-order valence-electron chi connectivity index (χ0n) is 19.2. The van der Waals surface area contributed by atoms with Crippen LogP contribution >= 0.6 is 0 Å². The van der Waals surface area contributed by atoms with Gasteiger partial charge in [-0.3, -0.25) is 0 Å². The molecule has 0 saturated carbocycles. The lowest BCUT2D eigenvalue weighted by atomic mass is 9.72. The van der Waals surface area contributed by atoms with Gasteiger partial charge in [-0.25, -0.2) is 15.0 Å². The molecule has 5 rings (SSSR count). The van der Waals surface area contributed by atoms with E-state index in [-0.39, 0.29) is 5.41 Å². The van der Waals surface area contributed by atoms with E-state index in [1.54, 1.807) is 7.11 Å². The number of piperazine rings is 1. The molecule has 166 valence electrons. The van der Waals surface area contributed by atoms with Gasteiger partial charge in [-0.2, -0.15) is 0 Å². The predicted molar refractivity (Wildman–Crippen MR) is 128 cm³/mol. The number of hydrogen-bond acceptors (Lipinski definition) is 7. The van der Waals surface area contributed by atoms with Crippen LogP contribution in [0.5, 0.6) is 5.75 Å². The van der Waals surface area contributed by atoms with Gasteiger partial charge in [0.1, 0.15) is 11.6 Å². The number of likely N-dealkylation sites (N-methyl/N-ethyl adjacent to an activating group) is 1. The van der Waals surface area contributed by atoms with Crippen LogP contribution in [0.4, 0.5) is 17.5 Å². The third kappa shape index (κ3) is 3.88. The van der Waals surface area contributed by atoms with E-state index in [1.165, 1.54) is 5.56 Å². The zero-order chi connectivity index (χ0) is 22.3. The minimum atomic E-state index is 0.0237. The normalized spacial score (nSPS) is 17.4. The smallest absolute Gasteiger partial charge is 0.227 e. The monoisotopic (exact) mass is 430 g/mol. The molecule has 1 aromatic carbocycles. The Bertz CT molecular complexity index is 1120. The van der Waals surface area contributed by atoms with Crippen molar-refractivity contribution < 1.29 is 4.74 Å². The molecule has 3 aromatic rings. The first-order valence-corrected chi connectivity index (χ1v) is 11.1. The molecule has 1 aliphatic carbocycles. The predicted octanol–water partition coefficient (Wildman–Crippen LogP) is 3.88. The molecule has 0 atom stereocenters. The van der Waals surface area contributed by atoms with Crippen LogP contribution in [0, 0.1) is 0 Å². The van der Waals surface area contributed by atoms with Gasteiger partial charge in [0.25, 0.3) is 0 Å². The molecule has 2 aromatic heterocycles. The molecule has 7 heteroatoms. The summed E-state index contributed by atoms with van der Waals surface area (Å²) < 4.78 is 5.48. The summed E-state index contributed by atoms with van der Waals surface area (Å²) in [4.78, 5) is 18.8.